The fraction of sp³-hybridized carbons (Fsp3) is 0.385. The number of aromatic hydroxyl groups is 1. The predicted molar refractivity (Wildman–Crippen MR) is 127 cm³/mol. The Morgan fingerprint density at radius 1 is 1.00 bits per heavy atom. The summed E-state index contributed by atoms with van der Waals surface area (Å²) in [4.78, 5) is 14.3. The zero-order valence-electron chi connectivity index (χ0n) is 19.3. The molecule has 0 spiro atoms. The first-order valence-corrected chi connectivity index (χ1v) is 11.8. The van der Waals surface area contributed by atoms with Gasteiger partial charge in [0.15, 0.2) is 11.5 Å². The number of fused-ring (bicyclic) bond motifs is 1. The van der Waals surface area contributed by atoms with Crippen LogP contribution in [0.4, 0.5) is 10.3 Å². The molecule has 0 radical (unpaired) electrons. The quantitative estimate of drug-likeness (QED) is 0.568. The van der Waals surface area contributed by atoms with Gasteiger partial charge in [0.1, 0.15) is 11.6 Å². The molecule has 34 heavy (non-hydrogen) atoms. The Balaban J connectivity index is 1.43. The topological polar surface area (TPSA) is 71.0 Å². The van der Waals surface area contributed by atoms with Gasteiger partial charge in [-0.25, -0.2) is 9.37 Å². The van der Waals surface area contributed by atoms with E-state index >= 15 is 0 Å². The smallest absolute Gasteiger partial charge is 0.228 e. The summed E-state index contributed by atoms with van der Waals surface area (Å²) in [5.41, 5.74) is 3.01. The van der Waals surface area contributed by atoms with E-state index in [2.05, 4.69) is 9.80 Å². The third-order valence-electron chi connectivity index (χ3n) is 6.41. The molecular formula is C26H29FN4O3. The molecule has 2 aromatic carbocycles. The summed E-state index contributed by atoms with van der Waals surface area (Å²) in [6, 6.07) is 11.4. The van der Waals surface area contributed by atoms with Crippen LogP contribution >= 0.6 is 0 Å². The van der Waals surface area contributed by atoms with Gasteiger partial charge in [0.2, 0.25) is 11.8 Å². The number of piperidine rings is 1. The molecule has 1 N–H and O–H groups in total. The lowest BCUT2D eigenvalue weighted by atomic mass is 10.1. The second kappa shape index (κ2) is 9.85. The van der Waals surface area contributed by atoms with Crippen molar-refractivity contribution in [2.75, 3.05) is 31.6 Å². The predicted octanol–water partition coefficient (Wildman–Crippen LogP) is 4.67. The molecular weight excluding hydrogens is 435 g/mol. The van der Waals surface area contributed by atoms with E-state index < -0.39 is 0 Å². The highest BCUT2D eigenvalue weighted by Crippen LogP contribution is 2.33. The number of ether oxygens (including phenoxy) is 2. The van der Waals surface area contributed by atoms with Gasteiger partial charge in [-0.1, -0.05) is 6.07 Å². The molecule has 0 amide bonds. The van der Waals surface area contributed by atoms with Gasteiger partial charge >= 0.3 is 0 Å². The zero-order chi connectivity index (χ0) is 23.5. The molecule has 0 bridgehead atoms. The van der Waals surface area contributed by atoms with Gasteiger partial charge < -0.3 is 19.5 Å². The van der Waals surface area contributed by atoms with Crippen molar-refractivity contribution in [2.24, 2.45) is 0 Å². The van der Waals surface area contributed by atoms with E-state index in [1.54, 1.807) is 25.3 Å². The van der Waals surface area contributed by atoms with Crippen LogP contribution in [0.15, 0.2) is 42.5 Å². The lowest BCUT2D eigenvalue weighted by molar-refractivity contribution is 0.237. The maximum Gasteiger partial charge on any atom is 0.228 e. The number of methoxy groups -OCH3 is 1. The highest BCUT2D eigenvalue weighted by atomic mass is 19.1. The van der Waals surface area contributed by atoms with E-state index in [1.165, 1.54) is 18.6 Å². The van der Waals surface area contributed by atoms with Crippen molar-refractivity contribution in [1.29, 1.82) is 0 Å². The third-order valence-corrected chi connectivity index (χ3v) is 6.41. The summed E-state index contributed by atoms with van der Waals surface area (Å²) in [5, 5.41) is 9.90. The Kier molecular flexibility index (Phi) is 6.49. The van der Waals surface area contributed by atoms with E-state index in [-0.39, 0.29) is 11.6 Å². The minimum Gasteiger partial charge on any atom is -0.504 e. The molecule has 178 valence electrons. The molecule has 1 fully saturated rings. The lowest BCUT2D eigenvalue weighted by Gasteiger charge is -2.32. The second-order valence-electron chi connectivity index (χ2n) is 8.82. The number of benzene rings is 2. The van der Waals surface area contributed by atoms with E-state index in [4.69, 9.17) is 19.4 Å². The largest absolute Gasteiger partial charge is 0.504 e. The lowest BCUT2D eigenvalue weighted by Crippen LogP contribution is -2.34. The van der Waals surface area contributed by atoms with Crippen molar-refractivity contribution < 1.29 is 19.0 Å². The van der Waals surface area contributed by atoms with Crippen LogP contribution in [-0.4, -0.2) is 46.7 Å². The summed E-state index contributed by atoms with van der Waals surface area (Å²) in [6.07, 6.45) is 4.29. The average Bonchev–Trinajstić information content (AvgIpc) is 2.87. The molecule has 0 aliphatic carbocycles. The van der Waals surface area contributed by atoms with E-state index in [0.29, 0.717) is 36.4 Å². The maximum atomic E-state index is 13.4. The molecule has 5 rings (SSSR count). The standard InChI is InChI=1S/C26H29FN4O3/c1-33-24-15-18(5-10-23(24)32)16-30-14-11-22-21(17-30)25(34-20-8-6-19(27)7-9-20)29-26(28-22)31-12-3-2-4-13-31/h5-10,15,32H,2-4,11-14,16-17H2,1H3. The number of phenolic OH excluding ortho intramolecular Hbond substituents is 1. The van der Waals surface area contributed by atoms with Crippen molar-refractivity contribution in [3.05, 3.63) is 65.1 Å². The fourth-order valence-corrected chi connectivity index (χ4v) is 4.57. The molecule has 1 saturated heterocycles. The highest BCUT2D eigenvalue weighted by molar-refractivity contribution is 5.44. The minimum absolute atomic E-state index is 0.129. The number of nitrogens with zero attached hydrogens (tertiary/aromatic N) is 4. The van der Waals surface area contributed by atoms with Gasteiger partial charge in [0.05, 0.1) is 18.4 Å². The molecule has 0 atom stereocenters. The van der Waals surface area contributed by atoms with Crippen molar-refractivity contribution in [2.45, 2.75) is 38.8 Å². The van der Waals surface area contributed by atoms with Crippen LogP contribution in [0.25, 0.3) is 0 Å². The summed E-state index contributed by atoms with van der Waals surface area (Å²) >= 11 is 0. The van der Waals surface area contributed by atoms with Crippen molar-refractivity contribution in [3.8, 4) is 23.1 Å². The number of hydrogen-bond donors (Lipinski definition) is 1. The van der Waals surface area contributed by atoms with Gasteiger partial charge in [0, 0.05) is 39.1 Å². The third kappa shape index (κ3) is 4.92. The Bertz CT molecular complexity index is 1150. The molecule has 2 aliphatic rings. The van der Waals surface area contributed by atoms with Gasteiger partial charge in [-0.15, -0.1) is 0 Å². The molecule has 0 unspecified atom stereocenters. The van der Waals surface area contributed by atoms with Crippen molar-refractivity contribution in [3.63, 3.8) is 0 Å². The number of phenols is 1. The van der Waals surface area contributed by atoms with Crippen LogP contribution in [0.1, 0.15) is 36.1 Å². The number of aromatic nitrogens is 2. The first-order valence-electron chi connectivity index (χ1n) is 11.8. The molecule has 8 heteroatoms. The summed E-state index contributed by atoms with van der Waals surface area (Å²) in [7, 11) is 1.55. The van der Waals surface area contributed by atoms with Crippen LogP contribution in [0.3, 0.4) is 0 Å². The van der Waals surface area contributed by atoms with E-state index in [9.17, 15) is 9.50 Å². The monoisotopic (exact) mass is 464 g/mol. The highest BCUT2D eigenvalue weighted by Gasteiger charge is 2.26. The molecule has 1 aromatic heterocycles. The fourth-order valence-electron chi connectivity index (χ4n) is 4.57. The van der Waals surface area contributed by atoms with Gasteiger partial charge in [-0.05, 0) is 61.2 Å². The Morgan fingerprint density at radius 3 is 2.56 bits per heavy atom. The molecule has 7 nitrogen and oxygen atoms in total. The molecule has 2 aliphatic heterocycles. The first kappa shape index (κ1) is 22.4. The molecule has 3 heterocycles. The van der Waals surface area contributed by atoms with Gasteiger partial charge in [-0.2, -0.15) is 4.98 Å². The molecule has 3 aromatic rings. The van der Waals surface area contributed by atoms with Crippen LogP contribution in [0.2, 0.25) is 0 Å². The summed E-state index contributed by atoms with van der Waals surface area (Å²) in [6.45, 7) is 4.07. The van der Waals surface area contributed by atoms with E-state index in [0.717, 1.165) is 55.7 Å². The number of rotatable bonds is 6. The summed E-state index contributed by atoms with van der Waals surface area (Å²) < 4.78 is 24.9. The minimum atomic E-state index is -0.304. The second-order valence-corrected chi connectivity index (χ2v) is 8.82. The first-order chi connectivity index (χ1) is 16.6. The normalized spacial score (nSPS) is 16.2. The number of halogens is 1. The number of hydrogen-bond acceptors (Lipinski definition) is 7. The number of anilines is 1. The van der Waals surface area contributed by atoms with Gasteiger partial charge in [0.25, 0.3) is 0 Å². The summed E-state index contributed by atoms with van der Waals surface area (Å²) in [5.74, 6) is 2.08. The Hall–Kier alpha value is -3.39. The average molecular weight is 465 g/mol. The van der Waals surface area contributed by atoms with Crippen molar-refractivity contribution in [1.82, 2.24) is 14.9 Å². The zero-order valence-corrected chi connectivity index (χ0v) is 19.3. The molecule has 0 saturated carbocycles. The SMILES string of the molecule is COc1cc(CN2CCc3nc(N4CCCCC4)nc(Oc4ccc(F)cc4)c3C2)ccc1O. The Labute approximate surface area is 198 Å². The van der Waals surface area contributed by atoms with E-state index in [1.807, 2.05) is 12.1 Å². The van der Waals surface area contributed by atoms with Crippen LogP contribution < -0.4 is 14.4 Å². The maximum absolute atomic E-state index is 13.4. The van der Waals surface area contributed by atoms with Crippen LogP contribution in [-0.2, 0) is 19.5 Å². The van der Waals surface area contributed by atoms with Crippen LogP contribution in [0.5, 0.6) is 23.1 Å². The van der Waals surface area contributed by atoms with Crippen molar-refractivity contribution >= 4 is 5.95 Å². The van der Waals surface area contributed by atoms with Gasteiger partial charge in [-0.3, -0.25) is 4.90 Å². The van der Waals surface area contributed by atoms with Crippen LogP contribution in [0, 0.1) is 5.82 Å². The Morgan fingerprint density at radius 2 is 1.79 bits per heavy atom.